The summed E-state index contributed by atoms with van der Waals surface area (Å²) >= 11 is 1.32. The summed E-state index contributed by atoms with van der Waals surface area (Å²) in [7, 11) is 0. The fourth-order valence-electron chi connectivity index (χ4n) is 4.35. The second-order valence-electron chi connectivity index (χ2n) is 9.53. The molecule has 6 heteroatoms. The molecule has 1 saturated heterocycles. The van der Waals surface area contributed by atoms with E-state index in [1.54, 1.807) is 0 Å². The van der Waals surface area contributed by atoms with E-state index in [1.165, 1.54) is 11.3 Å². The zero-order valence-electron chi connectivity index (χ0n) is 17.6. The lowest BCUT2D eigenvalue weighted by Gasteiger charge is -2.38. The Labute approximate surface area is 172 Å². The van der Waals surface area contributed by atoms with Gasteiger partial charge in [0, 0.05) is 16.8 Å². The first kappa shape index (κ1) is 21.3. The molecule has 2 heterocycles. The Balaban J connectivity index is 2.00. The molecule has 0 radical (unpaired) electrons. The molecule has 0 bridgehead atoms. The summed E-state index contributed by atoms with van der Waals surface area (Å²) < 4.78 is 0. The van der Waals surface area contributed by atoms with E-state index in [0.717, 1.165) is 56.5 Å². The molecule has 2 fully saturated rings. The van der Waals surface area contributed by atoms with Crippen molar-refractivity contribution >= 4 is 28.9 Å². The number of piperidine rings is 1. The van der Waals surface area contributed by atoms with Gasteiger partial charge in [-0.2, -0.15) is 0 Å². The van der Waals surface area contributed by atoms with Crippen molar-refractivity contribution in [1.82, 2.24) is 5.32 Å². The fraction of sp³-hybridized carbons (Fsp3) is 0.727. The minimum atomic E-state index is -0.931. The first-order valence-electron chi connectivity index (χ1n) is 10.6. The van der Waals surface area contributed by atoms with Gasteiger partial charge in [-0.3, -0.25) is 4.79 Å². The molecular weight excluding hydrogens is 372 g/mol. The summed E-state index contributed by atoms with van der Waals surface area (Å²) in [5, 5.41) is 13.2. The molecule has 5 nitrogen and oxygen atoms in total. The van der Waals surface area contributed by atoms with Crippen molar-refractivity contribution in [2.45, 2.75) is 77.7 Å². The molecule has 0 spiro atoms. The molecule has 156 valence electrons. The number of carbonyl (C=O) groups is 2. The third-order valence-electron chi connectivity index (χ3n) is 6.18. The molecule has 1 amide bonds. The van der Waals surface area contributed by atoms with Crippen LogP contribution in [0.4, 0.5) is 5.69 Å². The molecule has 28 heavy (non-hydrogen) atoms. The van der Waals surface area contributed by atoms with E-state index in [2.05, 4.69) is 33.0 Å². The molecule has 1 aromatic heterocycles. The first-order valence-corrected chi connectivity index (χ1v) is 11.4. The van der Waals surface area contributed by atoms with Crippen LogP contribution in [0.3, 0.4) is 0 Å². The predicted molar refractivity (Wildman–Crippen MR) is 114 cm³/mol. The third-order valence-corrected chi connectivity index (χ3v) is 7.72. The Morgan fingerprint density at radius 3 is 2.25 bits per heavy atom. The van der Waals surface area contributed by atoms with Gasteiger partial charge >= 0.3 is 5.97 Å². The lowest BCUT2D eigenvalue weighted by Crippen LogP contribution is -2.49. The van der Waals surface area contributed by atoms with Crippen LogP contribution in [0.15, 0.2) is 6.07 Å². The second kappa shape index (κ2) is 8.54. The van der Waals surface area contributed by atoms with Crippen LogP contribution in [-0.4, -0.2) is 36.1 Å². The molecule has 2 N–H and O–H groups in total. The Morgan fingerprint density at radius 1 is 1.11 bits per heavy atom. The van der Waals surface area contributed by atoms with Crippen LogP contribution in [0.5, 0.6) is 0 Å². The van der Waals surface area contributed by atoms with Crippen LogP contribution >= 0.6 is 11.3 Å². The van der Waals surface area contributed by atoms with Crippen molar-refractivity contribution < 1.29 is 14.7 Å². The summed E-state index contributed by atoms with van der Waals surface area (Å²) in [5.74, 6) is -0.0932. The van der Waals surface area contributed by atoms with Gasteiger partial charge in [0.1, 0.15) is 4.88 Å². The molecule has 1 saturated carbocycles. The fourth-order valence-corrected chi connectivity index (χ4v) is 5.39. The predicted octanol–water partition coefficient (Wildman–Crippen LogP) is 4.66. The van der Waals surface area contributed by atoms with Crippen LogP contribution in [0.1, 0.15) is 80.8 Å². The standard InChI is InChI=1S/C22H34N2O3S/c1-14-5-7-15(8-6-14)20(25)24(16-9-11-23-12-10-16)17-13-18(22(2,3)4)28-19(17)21(26)27/h13-16,23H,5-12H2,1-4H3,(H,26,27)/t14-,15-. The summed E-state index contributed by atoms with van der Waals surface area (Å²) in [6, 6.07) is 2.05. The lowest BCUT2D eigenvalue weighted by atomic mass is 9.82. The van der Waals surface area contributed by atoms with Crippen LogP contribution in [0, 0.1) is 11.8 Å². The van der Waals surface area contributed by atoms with E-state index >= 15 is 0 Å². The smallest absolute Gasteiger partial charge is 0.348 e. The van der Waals surface area contributed by atoms with Gasteiger partial charge < -0.3 is 15.3 Å². The minimum absolute atomic E-state index is 0.0192. The number of carboxylic acid groups (broad SMARTS) is 1. The van der Waals surface area contributed by atoms with Gasteiger partial charge in [0.05, 0.1) is 5.69 Å². The van der Waals surface area contributed by atoms with Gasteiger partial charge in [-0.25, -0.2) is 4.79 Å². The highest BCUT2D eigenvalue weighted by Crippen LogP contribution is 2.40. The normalized spacial score (nSPS) is 24.1. The number of anilines is 1. The zero-order chi connectivity index (χ0) is 20.5. The number of rotatable bonds is 4. The van der Waals surface area contributed by atoms with Crippen molar-refractivity contribution in [3.05, 3.63) is 15.8 Å². The van der Waals surface area contributed by atoms with Gasteiger partial charge in [0.2, 0.25) is 5.91 Å². The Hall–Kier alpha value is -1.40. The van der Waals surface area contributed by atoms with E-state index in [4.69, 9.17) is 0 Å². The van der Waals surface area contributed by atoms with Crippen molar-refractivity contribution in [2.75, 3.05) is 18.0 Å². The van der Waals surface area contributed by atoms with E-state index in [9.17, 15) is 14.7 Å². The minimum Gasteiger partial charge on any atom is -0.477 e. The highest BCUT2D eigenvalue weighted by Gasteiger charge is 2.37. The highest BCUT2D eigenvalue weighted by molar-refractivity contribution is 7.14. The van der Waals surface area contributed by atoms with Gasteiger partial charge in [-0.1, -0.05) is 27.7 Å². The van der Waals surface area contributed by atoms with E-state index in [0.29, 0.717) is 16.5 Å². The maximum atomic E-state index is 13.7. The molecule has 1 aromatic rings. The SMILES string of the molecule is CC(C)(C)c1cc(N(C(=O)[C@H]2CC[C@H](C)CC2)C2CCNCC2)c(C(=O)O)s1. The summed E-state index contributed by atoms with van der Waals surface area (Å²) in [6.45, 7) is 10.3. The average Bonchev–Trinajstić information content (AvgIpc) is 3.09. The number of carboxylic acids is 1. The molecule has 3 rings (SSSR count). The van der Waals surface area contributed by atoms with Gasteiger partial charge in [-0.05, 0) is 69.0 Å². The number of carbonyl (C=O) groups excluding carboxylic acids is 1. The molecule has 0 atom stereocenters. The van der Waals surface area contributed by atoms with Gasteiger partial charge in [0.15, 0.2) is 0 Å². The number of hydrogen-bond donors (Lipinski definition) is 2. The molecule has 1 aliphatic heterocycles. The number of thiophene rings is 1. The summed E-state index contributed by atoms with van der Waals surface area (Å²) in [6.07, 6.45) is 5.74. The van der Waals surface area contributed by atoms with Crippen molar-refractivity contribution in [3.8, 4) is 0 Å². The first-order chi connectivity index (χ1) is 13.2. The topological polar surface area (TPSA) is 69.6 Å². The number of hydrogen-bond acceptors (Lipinski definition) is 4. The number of amides is 1. The zero-order valence-corrected chi connectivity index (χ0v) is 18.4. The molecule has 2 aliphatic rings. The lowest BCUT2D eigenvalue weighted by molar-refractivity contribution is -0.124. The average molecular weight is 407 g/mol. The summed E-state index contributed by atoms with van der Waals surface area (Å²) in [4.78, 5) is 28.9. The largest absolute Gasteiger partial charge is 0.477 e. The monoisotopic (exact) mass is 406 g/mol. The number of nitrogens with one attached hydrogen (secondary N) is 1. The third kappa shape index (κ3) is 4.60. The maximum absolute atomic E-state index is 13.7. The molecule has 0 aromatic carbocycles. The summed E-state index contributed by atoms with van der Waals surface area (Å²) in [5.41, 5.74) is 0.480. The van der Waals surface area contributed by atoms with E-state index in [1.807, 2.05) is 11.0 Å². The number of aromatic carboxylic acids is 1. The van der Waals surface area contributed by atoms with E-state index in [-0.39, 0.29) is 23.3 Å². The molecule has 0 unspecified atom stereocenters. The van der Waals surface area contributed by atoms with Crippen molar-refractivity contribution in [2.24, 2.45) is 11.8 Å². The molecule has 1 aliphatic carbocycles. The van der Waals surface area contributed by atoms with Crippen molar-refractivity contribution in [3.63, 3.8) is 0 Å². The van der Waals surface area contributed by atoms with Crippen LogP contribution in [-0.2, 0) is 10.2 Å². The van der Waals surface area contributed by atoms with Crippen LogP contribution in [0.25, 0.3) is 0 Å². The molecular formula is C22H34N2O3S. The highest BCUT2D eigenvalue weighted by atomic mass is 32.1. The Kier molecular flexibility index (Phi) is 6.50. The second-order valence-corrected chi connectivity index (χ2v) is 10.6. The van der Waals surface area contributed by atoms with Crippen molar-refractivity contribution in [1.29, 1.82) is 0 Å². The maximum Gasteiger partial charge on any atom is 0.348 e. The quantitative estimate of drug-likeness (QED) is 0.763. The van der Waals surface area contributed by atoms with Crippen LogP contribution in [0.2, 0.25) is 0 Å². The Morgan fingerprint density at radius 2 is 1.71 bits per heavy atom. The van der Waals surface area contributed by atoms with E-state index < -0.39 is 5.97 Å². The van der Waals surface area contributed by atoms with Gasteiger partial charge in [0.25, 0.3) is 0 Å². The van der Waals surface area contributed by atoms with Gasteiger partial charge in [-0.15, -0.1) is 11.3 Å². The number of nitrogens with zero attached hydrogens (tertiary/aromatic N) is 1. The Bertz CT molecular complexity index is 708. The van der Waals surface area contributed by atoms with Crippen LogP contribution < -0.4 is 10.2 Å².